The van der Waals surface area contributed by atoms with Gasteiger partial charge in [-0.05, 0) is 12.1 Å². The fraction of sp³-hybridized carbons (Fsp3) is 0. The number of para-hydroxylation sites is 1. The molecule has 0 aromatic heterocycles. The van der Waals surface area contributed by atoms with Gasteiger partial charge >= 0.3 is 0 Å². The third kappa shape index (κ3) is 2.28. The Labute approximate surface area is 75.0 Å². The van der Waals surface area contributed by atoms with Crippen molar-refractivity contribution in [2.24, 2.45) is 5.84 Å². The first-order valence-electron chi connectivity index (χ1n) is 3.62. The number of hydrazine groups is 1. The summed E-state index contributed by atoms with van der Waals surface area (Å²) in [6.45, 7) is 0. The number of nitrogens with zero attached hydrogens (tertiary/aromatic N) is 1. The highest BCUT2D eigenvalue weighted by Crippen LogP contribution is 2.18. The summed E-state index contributed by atoms with van der Waals surface area (Å²) < 4.78 is 0. The number of hydrogen-bond acceptors (Lipinski definition) is 4. The summed E-state index contributed by atoms with van der Waals surface area (Å²) in [5.74, 6) is 5.00. The SMILES string of the molecule is NNC=Cc1ccccc1[N+](=O)[O-]. The van der Waals surface area contributed by atoms with E-state index in [0.717, 1.165) is 0 Å². The van der Waals surface area contributed by atoms with Crippen molar-refractivity contribution in [3.63, 3.8) is 0 Å². The maximum absolute atomic E-state index is 10.5. The Bertz CT molecular complexity index is 336. The predicted molar refractivity (Wildman–Crippen MR) is 49.5 cm³/mol. The van der Waals surface area contributed by atoms with Crippen molar-refractivity contribution in [3.05, 3.63) is 46.1 Å². The number of nitrogens with two attached hydrogens (primary N) is 1. The first kappa shape index (κ1) is 9.21. The Kier molecular flexibility index (Phi) is 2.99. The largest absolute Gasteiger partial charge is 0.331 e. The third-order valence-corrected chi connectivity index (χ3v) is 1.49. The smallest absolute Gasteiger partial charge is 0.276 e. The number of benzene rings is 1. The summed E-state index contributed by atoms with van der Waals surface area (Å²) in [6.07, 6.45) is 2.97. The molecule has 0 spiro atoms. The van der Waals surface area contributed by atoms with Crippen LogP contribution >= 0.6 is 0 Å². The monoisotopic (exact) mass is 179 g/mol. The summed E-state index contributed by atoms with van der Waals surface area (Å²) in [4.78, 5) is 10.1. The fourth-order valence-corrected chi connectivity index (χ4v) is 0.933. The zero-order valence-electron chi connectivity index (χ0n) is 6.81. The Morgan fingerprint density at radius 3 is 2.77 bits per heavy atom. The van der Waals surface area contributed by atoms with Gasteiger partial charge in [0.2, 0.25) is 0 Å². The zero-order valence-corrected chi connectivity index (χ0v) is 6.81. The number of nitrogens with one attached hydrogen (secondary N) is 1. The average molecular weight is 179 g/mol. The second kappa shape index (κ2) is 4.22. The van der Waals surface area contributed by atoms with Crippen LogP contribution in [0, 0.1) is 10.1 Å². The van der Waals surface area contributed by atoms with E-state index >= 15 is 0 Å². The van der Waals surface area contributed by atoms with Crippen LogP contribution in [0.15, 0.2) is 30.5 Å². The molecule has 1 aromatic carbocycles. The lowest BCUT2D eigenvalue weighted by Gasteiger charge is -1.95. The number of rotatable bonds is 3. The highest BCUT2D eigenvalue weighted by Gasteiger charge is 2.08. The molecule has 1 rings (SSSR count). The van der Waals surface area contributed by atoms with Gasteiger partial charge in [0.1, 0.15) is 0 Å². The predicted octanol–water partition coefficient (Wildman–Crippen LogP) is 1.03. The van der Waals surface area contributed by atoms with E-state index in [1.165, 1.54) is 18.3 Å². The second-order valence-corrected chi connectivity index (χ2v) is 2.32. The van der Waals surface area contributed by atoms with Gasteiger partial charge in [-0.25, -0.2) is 0 Å². The van der Waals surface area contributed by atoms with Crippen LogP contribution in [0.2, 0.25) is 0 Å². The Hall–Kier alpha value is -1.88. The molecule has 0 amide bonds. The molecule has 5 nitrogen and oxygen atoms in total. The van der Waals surface area contributed by atoms with Crippen molar-refractivity contribution < 1.29 is 4.92 Å². The van der Waals surface area contributed by atoms with E-state index in [2.05, 4.69) is 5.43 Å². The molecule has 0 atom stereocenters. The van der Waals surface area contributed by atoms with E-state index in [1.807, 2.05) is 0 Å². The van der Waals surface area contributed by atoms with Crippen LogP contribution in [0.5, 0.6) is 0 Å². The maximum atomic E-state index is 10.5. The highest BCUT2D eigenvalue weighted by atomic mass is 16.6. The van der Waals surface area contributed by atoms with Crippen LogP contribution < -0.4 is 11.3 Å². The van der Waals surface area contributed by atoms with E-state index < -0.39 is 4.92 Å². The molecule has 3 N–H and O–H groups in total. The van der Waals surface area contributed by atoms with Gasteiger partial charge in [-0.3, -0.25) is 16.0 Å². The molecule has 13 heavy (non-hydrogen) atoms. The second-order valence-electron chi connectivity index (χ2n) is 2.32. The van der Waals surface area contributed by atoms with E-state index in [4.69, 9.17) is 5.84 Å². The van der Waals surface area contributed by atoms with Crippen LogP contribution in [0.4, 0.5) is 5.69 Å². The van der Waals surface area contributed by atoms with E-state index in [-0.39, 0.29) is 5.69 Å². The number of nitro groups is 1. The molecule has 0 aliphatic rings. The molecule has 0 fully saturated rings. The molecule has 68 valence electrons. The van der Waals surface area contributed by atoms with Crippen LogP contribution in [0.3, 0.4) is 0 Å². The van der Waals surface area contributed by atoms with Crippen molar-refractivity contribution in [3.8, 4) is 0 Å². The van der Waals surface area contributed by atoms with Crippen LogP contribution in [-0.4, -0.2) is 4.92 Å². The molecule has 0 aliphatic heterocycles. The minimum Gasteiger partial charge on any atom is -0.331 e. The molecule has 0 saturated carbocycles. The van der Waals surface area contributed by atoms with Gasteiger partial charge in [0.05, 0.1) is 10.5 Å². The third-order valence-electron chi connectivity index (χ3n) is 1.49. The number of hydrogen-bond donors (Lipinski definition) is 2. The van der Waals surface area contributed by atoms with Crippen molar-refractivity contribution in [2.45, 2.75) is 0 Å². The standard InChI is InChI=1S/C8H9N3O2/c9-10-6-5-7-3-1-2-4-8(7)11(12)13/h1-6,10H,9H2. The molecular formula is C8H9N3O2. The fourth-order valence-electron chi connectivity index (χ4n) is 0.933. The molecule has 0 aliphatic carbocycles. The Morgan fingerprint density at radius 2 is 2.15 bits per heavy atom. The lowest BCUT2D eigenvalue weighted by molar-refractivity contribution is -0.385. The molecule has 5 heteroatoms. The zero-order chi connectivity index (χ0) is 9.68. The van der Waals surface area contributed by atoms with Gasteiger partial charge in [0.15, 0.2) is 0 Å². The molecule has 0 bridgehead atoms. The lowest BCUT2D eigenvalue weighted by atomic mass is 10.2. The van der Waals surface area contributed by atoms with Gasteiger partial charge in [-0.15, -0.1) is 0 Å². The average Bonchev–Trinajstić information content (AvgIpc) is 2.15. The first-order chi connectivity index (χ1) is 6.25. The summed E-state index contributed by atoms with van der Waals surface area (Å²) >= 11 is 0. The van der Waals surface area contributed by atoms with Crippen molar-refractivity contribution in [1.29, 1.82) is 0 Å². The quantitative estimate of drug-likeness (QED) is 0.412. The molecule has 1 aromatic rings. The molecular weight excluding hydrogens is 170 g/mol. The Balaban J connectivity index is 3.05. The van der Waals surface area contributed by atoms with Gasteiger partial charge in [0.25, 0.3) is 5.69 Å². The lowest BCUT2D eigenvalue weighted by Crippen LogP contribution is -2.12. The minimum absolute atomic E-state index is 0.0639. The van der Waals surface area contributed by atoms with Crippen molar-refractivity contribution >= 4 is 11.8 Å². The van der Waals surface area contributed by atoms with Gasteiger partial charge < -0.3 is 5.43 Å². The van der Waals surface area contributed by atoms with Gasteiger partial charge in [0, 0.05) is 12.3 Å². The molecule has 0 radical (unpaired) electrons. The van der Waals surface area contributed by atoms with E-state index in [9.17, 15) is 10.1 Å². The van der Waals surface area contributed by atoms with E-state index in [1.54, 1.807) is 18.2 Å². The summed E-state index contributed by atoms with van der Waals surface area (Å²) in [6, 6.07) is 6.43. The van der Waals surface area contributed by atoms with Crippen LogP contribution in [-0.2, 0) is 0 Å². The topological polar surface area (TPSA) is 81.2 Å². The summed E-state index contributed by atoms with van der Waals surface area (Å²) in [5.41, 5.74) is 2.86. The molecule has 0 unspecified atom stereocenters. The van der Waals surface area contributed by atoms with Gasteiger partial charge in [-0.2, -0.15) is 0 Å². The van der Waals surface area contributed by atoms with Crippen molar-refractivity contribution in [2.75, 3.05) is 0 Å². The summed E-state index contributed by atoms with van der Waals surface area (Å²) in [7, 11) is 0. The summed E-state index contributed by atoms with van der Waals surface area (Å²) in [5, 5.41) is 10.5. The van der Waals surface area contributed by atoms with Crippen LogP contribution in [0.25, 0.3) is 6.08 Å². The molecule has 0 heterocycles. The van der Waals surface area contributed by atoms with Crippen molar-refractivity contribution in [1.82, 2.24) is 5.43 Å². The van der Waals surface area contributed by atoms with Gasteiger partial charge in [-0.1, -0.05) is 12.1 Å². The Morgan fingerprint density at radius 1 is 1.46 bits per heavy atom. The molecule has 0 saturated heterocycles. The minimum atomic E-state index is -0.434. The number of nitro benzene ring substituents is 1. The van der Waals surface area contributed by atoms with E-state index in [0.29, 0.717) is 5.56 Å². The van der Waals surface area contributed by atoms with Crippen LogP contribution in [0.1, 0.15) is 5.56 Å². The maximum Gasteiger partial charge on any atom is 0.276 e. The normalized spacial score (nSPS) is 10.2. The highest BCUT2D eigenvalue weighted by molar-refractivity contribution is 5.60. The first-order valence-corrected chi connectivity index (χ1v) is 3.62.